The second kappa shape index (κ2) is 8.82. The minimum atomic E-state index is -0.640. The van der Waals surface area contributed by atoms with E-state index in [-0.39, 0.29) is 30.0 Å². The van der Waals surface area contributed by atoms with Gasteiger partial charge in [-0.1, -0.05) is 29.5 Å². The van der Waals surface area contributed by atoms with Crippen molar-refractivity contribution < 1.29 is 19.6 Å². The number of carbonyl (C=O) groups excluding carboxylic acids is 1. The SMILES string of the molecule is CCOc1cc([N+](=O)[O-])cc(/C=N\NC(=O)Cc2ccc(Cl)cc2)c1[O-]. The lowest BCUT2D eigenvalue weighted by molar-refractivity contribution is -0.385. The summed E-state index contributed by atoms with van der Waals surface area (Å²) >= 11 is 5.77. The zero-order valence-corrected chi connectivity index (χ0v) is 14.5. The number of hydrogen-bond donors (Lipinski definition) is 1. The van der Waals surface area contributed by atoms with Crippen LogP contribution in [0.2, 0.25) is 5.02 Å². The number of carbonyl (C=O) groups is 1. The Morgan fingerprint density at radius 2 is 2.04 bits per heavy atom. The highest BCUT2D eigenvalue weighted by Crippen LogP contribution is 2.31. The number of nitrogens with one attached hydrogen (secondary N) is 1. The molecule has 0 unspecified atom stereocenters. The zero-order valence-electron chi connectivity index (χ0n) is 13.8. The quantitative estimate of drug-likeness (QED) is 0.452. The monoisotopic (exact) mass is 376 g/mol. The second-order valence-corrected chi connectivity index (χ2v) is 5.59. The first-order valence-electron chi connectivity index (χ1n) is 7.59. The van der Waals surface area contributed by atoms with Crippen LogP contribution < -0.4 is 15.3 Å². The summed E-state index contributed by atoms with van der Waals surface area (Å²) in [4.78, 5) is 22.2. The van der Waals surface area contributed by atoms with Crippen molar-refractivity contribution in [3.63, 3.8) is 0 Å². The van der Waals surface area contributed by atoms with Crippen LogP contribution in [0.3, 0.4) is 0 Å². The Morgan fingerprint density at radius 1 is 1.35 bits per heavy atom. The van der Waals surface area contributed by atoms with E-state index in [1.807, 2.05) is 0 Å². The standard InChI is InChI=1S/C17H16ClN3O5/c1-2-26-15-9-14(21(24)25)8-12(17(15)23)10-19-20-16(22)7-11-3-5-13(18)6-4-11/h3-6,8-10,23H,2,7H2,1H3,(H,20,22)/p-1/b19-10-. The third kappa shape index (κ3) is 5.18. The Balaban J connectivity index is 2.10. The van der Waals surface area contributed by atoms with Crippen LogP contribution in [0.15, 0.2) is 41.5 Å². The Labute approximate surface area is 154 Å². The lowest BCUT2D eigenvalue weighted by Crippen LogP contribution is -2.19. The molecule has 0 heterocycles. The Morgan fingerprint density at radius 3 is 2.65 bits per heavy atom. The molecule has 2 aromatic rings. The molecule has 0 fully saturated rings. The van der Waals surface area contributed by atoms with Gasteiger partial charge in [0, 0.05) is 11.1 Å². The molecule has 8 nitrogen and oxygen atoms in total. The van der Waals surface area contributed by atoms with E-state index >= 15 is 0 Å². The average molecular weight is 377 g/mol. The molecule has 1 N–H and O–H groups in total. The van der Waals surface area contributed by atoms with E-state index in [0.717, 1.165) is 23.9 Å². The number of amides is 1. The summed E-state index contributed by atoms with van der Waals surface area (Å²) in [5, 5.41) is 27.4. The number of hydrazone groups is 1. The number of benzene rings is 2. The maximum Gasteiger partial charge on any atom is 0.273 e. The minimum Gasteiger partial charge on any atom is -0.870 e. The van der Waals surface area contributed by atoms with E-state index in [0.29, 0.717) is 5.02 Å². The van der Waals surface area contributed by atoms with Crippen molar-refractivity contribution >= 4 is 29.4 Å². The number of nitrogens with zero attached hydrogens (tertiary/aromatic N) is 2. The highest BCUT2D eigenvalue weighted by atomic mass is 35.5. The molecule has 2 aromatic carbocycles. The second-order valence-electron chi connectivity index (χ2n) is 5.15. The summed E-state index contributed by atoms with van der Waals surface area (Å²) in [6.45, 7) is 1.84. The number of non-ortho nitro benzene ring substituents is 1. The van der Waals surface area contributed by atoms with Gasteiger partial charge in [-0.2, -0.15) is 5.10 Å². The first-order valence-corrected chi connectivity index (χ1v) is 7.97. The van der Waals surface area contributed by atoms with Crippen molar-refractivity contribution in [2.75, 3.05) is 6.61 Å². The largest absolute Gasteiger partial charge is 0.870 e. The van der Waals surface area contributed by atoms with Gasteiger partial charge >= 0.3 is 0 Å². The van der Waals surface area contributed by atoms with Crippen molar-refractivity contribution in [1.29, 1.82) is 0 Å². The number of hydrogen-bond acceptors (Lipinski definition) is 6. The predicted molar refractivity (Wildman–Crippen MR) is 94.6 cm³/mol. The number of nitro benzene ring substituents is 1. The summed E-state index contributed by atoms with van der Waals surface area (Å²) in [6, 6.07) is 8.86. The van der Waals surface area contributed by atoms with Gasteiger partial charge in [0.15, 0.2) is 0 Å². The zero-order chi connectivity index (χ0) is 19.1. The molecule has 0 bridgehead atoms. The van der Waals surface area contributed by atoms with Crippen LogP contribution in [0.25, 0.3) is 0 Å². The van der Waals surface area contributed by atoms with Gasteiger partial charge in [0.05, 0.1) is 30.2 Å². The predicted octanol–water partition coefficient (Wildman–Crippen LogP) is 2.41. The molecule has 0 aliphatic heterocycles. The molecule has 136 valence electrons. The van der Waals surface area contributed by atoms with Crippen molar-refractivity contribution in [3.8, 4) is 11.5 Å². The first-order chi connectivity index (χ1) is 12.4. The molecule has 0 radical (unpaired) electrons. The Bertz CT molecular complexity index is 837. The Hall–Kier alpha value is -3.13. The van der Waals surface area contributed by atoms with Crippen molar-refractivity contribution in [1.82, 2.24) is 5.43 Å². The highest BCUT2D eigenvalue weighted by molar-refractivity contribution is 6.30. The van der Waals surface area contributed by atoms with Gasteiger partial charge in [0.1, 0.15) is 5.75 Å². The van der Waals surface area contributed by atoms with Crippen molar-refractivity contribution in [3.05, 3.63) is 62.7 Å². The van der Waals surface area contributed by atoms with Crippen LogP contribution in [0.1, 0.15) is 18.1 Å². The highest BCUT2D eigenvalue weighted by Gasteiger charge is 2.12. The molecule has 1 amide bonds. The van der Waals surface area contributed by atoms with E-state index in [2.05, 4.69) is 10.5 Å². The van der Waals surface area contributed by atoms with E-state index in [1.165, 1.54) is 0 Å². The maximum atomic E-state index is 12.2. The lowest BCUT2D eigenvalue weighted by Gasteiger charge is -2.16. The molecule has 0 saturated heterocycles. The smallest absolute Gasteiger partial charge is 0.273 e. The summed E-state index contributed by atoms with van der Waals surface area (Å²) in [7, 11) is 0. The van der Waals surface area contributed by atoms with Crippen LogP contribution in [-0.4, -0.2) is 23.7 Å². The van der Waals surface area contributed by atoms with Gasteiger partial charge in [-0.05, 0) is 30.2 Å². The van der Waals surface area contributed by atoms with Crippen LogP contribution in [0.5, 0.6) is 11.5 Å². The third-order valence-electron chi connectivity index (χ3n) is 3.25. The van der Waals surface area contributed by atoms with Crippen molar-refractivity contribution in [2.45, 2.75) is 13.3 Å². The minimum absolute atomic E-state index is 0.0607. The molecular weight excluding hydrogens is 362 g/mol. The van der Waals surface area contributed by atoms with Gasteiger partial charge in [-0.15, -0.1) is 0 Å². The van der Waals surface area contributed by atoms with Crippen LogP contribution in [-0.2, 0) is 11.2 Å². The fraction of sp³-hybridized carbons (Fsp3) is 0.176. The van der Waals surface area contributed by atoms with Crippen LogP contribution >= 0.6 is 11.6 Å². The molecule has 9 heteroatoms. The number of nitro groups is 1. The molecule has 0 spiro atoms. The van der Waals surface area contributed by atoms with Gasteiger partial charge < -0.3 is 9.84 Å². The molecule has 2 rings (SSSR count). The Kier molecular flexibility index (Phi) is 6.51. The summed E-state index contributed by atoms with van der Waals surface area (Å²) in [6.07, 6.45) is 1.12. The fourth-order valence-electron chi connectivity index (χ4n) is 2.07. The van der Waals surface area contributed by atoms with Gasteiger partial charge in [0.25, 0.3) is 5.69 Å². The molecule has 0 saturated carbocycles. The molecule has 0 aliphatic rings. The summed E-state index contributed by atoms with van der Waals surface area (Å²) < 4.78 is 5.11. The van der Waals surface area contributed by atoms with Gasteiger partial charge in [-0.25, -0.2) is 5.43 Å². The molecule has 26 heavy (non-hydrogen) atoms. The molecular formula is C17H15ClN3O5-. The van der Waals surface area contributed by atoms with E-state index < -0.39 is 16.6 Å². The van der Waals surface area contributed by atoms with Crippen LogP contribution in [0.4, 0.5) is 5.69 Å². The summed E-state index contributed by atoms with van der Waals surface area (Å²) in [5.74, 6) is -1.10. The lowest BCUT2D eigenvalue weighted by atomic mass is 10.1. The molecule has 0 atom stereocenters. The van der Waals surface area contributed by atoms with E-state index in [9.17, 15) is 20.0 Å². The molecule has 0 aliphatic carbocycles. The average Bonchev–Trinajstić information content (AvgIpc) is 2.60. The van der Waals surface area contributed by atoms with Crippen LogP contribution in [0, 0.1) is 10.1 Å². The summed E-state index contributed by atoms with van der Waals surface area (Å²) in [5.41, 5.74) is 2.64. The van der Waals surface area contributed by atoms with Gasteiger partial charge in [-0.3, -0.25) is 14.9 Å². The normalized spacial score (nSPS) is 10.7. The maximum absolute atomic E-state index is 12.2. The van der Waals surface area contributed by atoms with Gasteiger partial charge in [0.2, 0.25) is 5.91 Å². The van der Waals surface area contributed by atoms with E-state index in [4.69, 9.17) is 16.3 Å². The fourth-order valence-corrected chi connectivity index (χ4v) is 2.20. The third-order valence-corrected chi connectivity index (χ3v) is 3.50. The van der Waals surface area contributed by atoms with E-state index in [1.54, 1.807) is 31.2 Å². The number of ether oxygens (including phenoxy) is 1. The van der Waals surface area contributed by atoms with Crippen molar-refractivity contribution in [2.24, 2.45) is 5.10 Å². The topological polar surface area (TPSA) is 117 Å². The first kappa shape index (κ1) is 19.2. The number of rotatable bonds is 7. The number of halogens is 1. The molecule has 0 aromatic heterocycles.